The minimum atomic E-state index is -0.262. The molecule has 2 aromatic heterocycles. The van der Waals surface area contributed by atoms with Crippen LogP contribution >= 0.6 is 0 Å². The van der Waals surface area contributed by atoms with Gasteiger partial charge in [0.1, 0.15) is 22.9 Å². The summed E-state index contributed by atoms with van der Waals surface area (Å²) in [5.41, 5.74) is 3.47. The number of nitrogens with zero attached hydrogens (tertiary/aromatic N) is 4. The summed E-state index contributed by atoms with van der Waals surface area (Å²) in [6.07, 6.45) is 4.14. The van der Waals surface area contributed by atoms with Gasteiger partial charge in [-0.3, -0.25) is 4.98 Å². The maximum atomic E-state index is 14.2. The number of pyridine rings is 2. The molecule has 1 fully saturated rings. The van der Waals surface area contributed by atoms with Gasteiger partial charge in [-0.2, -0.15) is 0 Å². The molecule has 2 aliphatic heterocycles. The van der Waals surface area contributed by atoms with Crippen molar-refractivity contribution in [2.24, 2.45) is 0 Å². The lowest BCUT2D eigenvalue weighted by atomic mass is 10.0. The minimum absolute atomic E-state index is 0.0120. The first-order valence-electron chi connectivity index (χ1n) is 10.3. The first-order valence-corrected chi connectivity index (χ1v) is 10.3. The highest BCUT2D eigenvalue weighted by Crippen LogP contribution is 2.41. The van der Waals surface area contributed by atoms with Crippen molar-refractivity contribution >= 4 is 28.2 Å². The van der Waals surface area contributed by atoms with Crippen molar-refractivity contribution in [3.63, 3.8) is 0 Å². The summed E-state index contributed by atoms with van der Waals surface area (Å²) in [5, 5.41) is 3.39. The van der Waals surface area contributed by atoms with Crippen LogP contribution < -0.4 is 15.0 Å². The highest BCUT2D eigenvalue weighted by Gasteiger charge is 2.31. The average Bonchev–Trinajstić information content (AvgIpc) is 3.24. The lowest BCUT2D eigenvalue weighted by molar-refractivity contribution is 0.212. The molecule has 1 aromatic carbocycles. The Labute approximate surface area is 174 Å². The van der Waals surface area contributed by atoms with Crippen LogP contribution in [0.5, 0.6) is 5.75 Å². The Balaban J connectivity index is 1.70. The number of aromatic nitrogens is 2. The van der Waals surface area contributed by atoms with E-state index in [2.05, 4.69) is 20.0 Å². The van der Waals surface area contributed by atoms with Gasteiger partial charge in [0.15, 0.2) is 0 Å². The van der Waals surface area contributed by atoms with Crippen molar-refractivity contribution < 1.29 is 9.13 Å². The lowest BCUT2D eigenvalue weighted by Crippen LogP contribution is -2.24. The van der Waals surface area contributed by atoms with Crippen molar-refractivity contribution in [3.8, 4) is 5.75 Å². The molecule has 152 valence electrons. The van der Waals surface area contributed by atoms with E-state index in [4.69, 9.17) is 16.3 Å². The zero-order valence-electron chi connectivity index (χ0n) is 16.7. The number of halogens is 1. The fraction of sp³-hybridized carbons (Fsp3) is 0.348. The van der Waals surface area contributed by atoms with Gasteiger partial charge in [-0.05, 0) is 50.1 Å². The third kappa shape index (κ3) is 3.18. The third-order valence-electron chi connectivity index (χ3n) is 5.86. The van der Waals surface area contributed by atoms with Gasteiger partial charge in [0.25, 0.3) is 0 Å². The van der Waals surface area contributed by atoms with Crippen molar-refractivity contribution in [2.75, 3.05) is 23.3 Å². The fourth-order valence-corrected chi connectivity index (χ4v) is 4.39. The maximum absolute atomic E-state index is 14.2. The molecule has 3 aromatic rings. The molecule has 2 bridgehead atoms. The molecule has 2 aliphatic rings. The van der Waals surface area contributed by atoms with Crippen molar-refractivity contribution in [1.29, 1.82) is 0 Å². The van der Waals surface area contributed by atoms with Crippen molar-refractivity contribution in [1.82, 2.24) is 9.97 Å². The summed E-state index contributed by atoms with van der Waals surface area (Å²) in [5.74, 6) is 1.27. The second kappa shape index (κ2) is 7.45. The van der Waals surface area contributed by atoms with Crippen molar-refractivity contribution in [3.05, 3.63) is 59.3 Å². The van der Waals surface area contributed by atoms with E-state index in [1.807, 2.05) is 19.1 Å². The smallest absolute Gasteiger partial charge is 0.229 e. The first kappa shape index (κ1) is 18.6. The Morgan fingerprint density at radius 1 is 1.27 bits per heavy atom. The van der Waals surface area contributed by atoms with E-state index < -0.39 is 0 Å². The molecule has 0 unspecified atom stereocenters. The van der Waals surface area contributed by atoms with Crippen LogP contribution in [0.15, 0.2) is 36.5 Å². The van der Waals surface area contributed by atoms with Crippen LogP contribution in [0, 0.1) is 12.4 Å². The molecular formula is C23H22FN5O. The Morgan fingerprint density at radius 3 is 3.03 bits per heavy atom. The average molecular weight is 403 g/mol. The SMILES string of the molecule is [C-]#[N+]c1cnc2ccc3nc2c1NCC[C@H](C)Oc1ccc(F)cc1[C@H]1CCCN31. The highest BCUT2D eigenvalue weighted by molar-refractivity contribution is 5.95. The predicted molar refractivity (Wildman–Crippen MR) is 115 cm³/mol. The van der Waals surface area contributed by atoms with Crippen LogP contribution in [-0.4, -0.2) is 29.2 Å². The molecule has 5 rings (SSSR count). The summed E-state index contributed by atoms with van der Waals surface area (Å²) in [6.45, 7) is 11.0. The van der Waals surface area contributed by atoms with Gasteiger partial charge in [0.05, 0.1) is 29.9 Å². The van der Waals surface area contributed by atoms with Gasteiger partial charge in [0, 0.05) is 31.3 Å². The third-order valence-corrected chi connectivity index (χ3v) is 5.86. The van der Waals surface area contributed by atoms with E-state index in [0.29, 0.717) is 23.4 Å². The molecule has 1 saturated heterocycles. The normalized spacial score (nSPS) is 20.8. The Bertz CT molecular complexity index is 1160. The number of rotatable bonds is 0. The van der Waals surface area contributed by atoms with Gasteiger partial charge in [-0.25, -0.2) is 14.2 Å². The van der Waals surface area contributed by atoms with Gasteiger partial charge >= 0.3 is 0 Å². The van der Waals surface area contributed by atoms with Crippen LogP contribution in [0.3, 0.4) is 0 Å². The summed E-state index contributed by atoms with van der Waals surface area (Å²) in [4.78, 5) is 15.2. The van der Waals surface area contributed by atoms with E-state index >= 15 is 0 Å². The summed E-state index contributed by atoms with van der Waals surface area (Å²) in [6, 6.07) is 8.66. The molecule has 1 N–H and O–H groups in total. The van der Waals surface area contributed by atoms with Crippen LogP contribution in [0.1, 0.15) is 37.8 Å². The Morgan fingerprint density at radius 2 is 2.17 bits per heavy atom. The van der Waals surface area contributed by atoms with Gasteiger partial charge in [-0.1, -0.05) is 0 Å². The van der Waals surface area contributed by atoms with Gasteiger partial charge < -0.3 is 15.0 Å². The molecule has 30 heavy (non-hydrogen) atoms. The second-order valence-corrected chi connectivity index (χ2v) is 7.84. The van der Waals surface area contributed by atoms with E-state index in [9.17, 15) is 4.39 Å². The number of anilines is 2. The zero-order valence-corrected chi connectivity index (χ0v) is 16.7. The minimum Gasteiger partial charge on any atom is -0.490 e. The Kier molecular flexibility index (Phi) is 4.62. The molecule has 0 saturated carbocycles. The van der Waals surface area contributed by atoms with E-state index in [0.717, 1.165) is 48.5 Å². The number of hydrogen-bond acceptors (Lipinski definition) is 5. The van der Waals surface area contributed by atoms with Gasteiger partial charge in [-0.15, -0.1) is 0 Å². The first-order chi connectivity index (χ1) is 14.6. The lowest BCUT2D eigenvalue weighted by Gasteiger charge is -2.28. The number of ether oxygens (including phenoxy) is 1. The van der Waals surface area contributed by atoms with Crippen LogP contribution in [0.2, 0.25) is 0 Å². The quantitative estimate of drug-likeness (QED) is 0.520. The fourth-order valence-electron chi connectivity index (χ4n) is 4.39. The maximum Gasteiger partial charge on any atom is 0.229 e. The predicted octanol–water partition coefficient (Wildman–Crippen LogP) is 5.24. The monoisotopic (exact) mass is 403 g/mol. The molecular weight excluding hydrogens is 381 g/mol. The standard InChI is InChI=1S/C23H22FN5O/c1-14-9-10-26-22-18(25-2)13-27-17-6-8-21(28-23(17)22)29-11-3-4-19(29)16-12-15(24)5-7-20(16)30-14/h5-8,12-14,19,26H,3-4,9-11H2,1H3/t14-,19+/m0/s1. The number of fused-ring (bicyclic) bond motifs is 5. The molecule has 0 spiro atoms. The molecule has 0 amide bonds. The topological polar surface area (TPSA) is 54.6 Å². The second-order valence-electron chi connectivity index (χ2n) is 7.84. The van der Waals surface area contributed by atoms with E-state index in [1.165, 1.54) is 6.07 Å². The molecule has 7 heteroatoms. The van der Waals surface area contributed by atoms with E-state index in [1.54, 1.807) is 18.3 Å². The number of benzene rings is 1. The summed E-state index contributed by atoms with van der Waals surface area (Å²) < 4.78 is 20.4. The van der Waals surface area contributed by atoms with Crippen LogP contribution in [0.25, 0.3) is 15.9 Å². The molecule has 0 aliphatic carbocycles. The molecule has 4 heterocycles. The summed E-state index contributed by atoms with van der Waals surface area (Å²) >= 11 is 0. The largest absolute Gasteiger partial charge is 0.490 e. The Hall–Kier alpha value is -3.40. The number of hydrogen-bond donors (Lipinski definition) is 1. The molecule has 6 nitrogen and oxygen atoms in total. The zero-order chi connectivity index (χ0) is 20.7. The van der Waals surface area contributed by atoms with Crippen LogP contribution in [-0.2, 0) is 0 Å². The highest BCUT2D eigenvalue weighted by atomic mass is 19.1. The number of nitrogens with one attached hydrogen (secondary N) is 1. The van der Waals surface area contributed by atoms with Gasteiger partial charge in [0.2, 0.25) is 5.69 Å². The molecule has 2 atom stereocenters. The molecule has 0 radical (unpaired) electrons. The van der Waals surface area contributed by atoms with Crippen LogP contribution in [0.4, 0.5) is 21.6 Å². The van der Waals surface area contributed by atoms with E-state index in [-0.39, 0.29) is 18.0 Å². The summed E-state index contributed by atoms with van der Waals surface area (Å²) in [7, 11) is 0. The van der Waals surface area contributed by atoms with Crippen molar-refractivity contribution in [2.45, 2.75) is 38.3 Å².